The molecule has 0 bridgehead atoms. The van der Waals surface area contributed by atoms with E-state index in [1.807, 2.05) is 0 Å². The maximum atomic E-state index is 12.9. The first-order chi connectivity index (χ1) is 12.3. The fraction of sp³-hybridized carbons (Fsp3) is 0.533. The first-order valence-electron chi connectivity index (χ1n) is 7.91. The molecule has 2 aromatic rings. The fourth-order valence-electron chi connectivity index (χ4n) is 2.82. The molecule has 1 aliphatic rings. The largest absolute Gasteiger partial charge is 0.420 e. The van der Waals surface area contributed by atoms with Crippen LogP contribution in [0.2, 0.25) is 0 Å². The monoisotopic (exact) mass is 373 g/mol. The molecule has 3 heterocycles. The number of amides is 1. The standard InChI is InChI=1S/C15H18F3N5O3/c1-23-10(6-9(22-23)13(25-2)15(16,17)18)14(24)19-12-7-8(20-21-12)11-4-3-5-26-11/h6-7,11,13H,3-5H2,1-2H3,(H2,19,20,21,24)/t11-,13?/m1/s1. The average molecular weight is 373 g/mol. The number of alkyl halides is 3. The number of anilines is 1. The van der Waals surface area contributed by atoms with Crippen molar-refractivity contribution in [1.82, 2.24) is 20.0 Å². The van der Waals surface area contributed by atoms with Crippen molar-refractivity contribution in [2.24, 2.45) is 7.05 Å². The highest BCUT2D eigenvalue weighted by Gasteiger charge is 2.43. The fourth-order valence-corrected chi connectivity index (χ4v) is 2.82. The number of H-pyrrole nitrogens is 1. The van der Waals surface area contributed by atoms with Crippen molar-refractivity contribution >= 4 is 11.7 Å². The topological polar surface area (TPSA) is 94.1 Å². The Hall–Kier alpha value is -2.40. The highest BCUT2D eigenvalue weighted by Crippen LogP contribution is 2.35. The molecular weight excluding hydrogens is 355 g/mol. The number of carbonyl (C=O) groups is 1. The summed E-state index contributed by atoms with van der Waals surface area (Å²) in [5, 5.41) is 13.0. The smallest absolute Gasteiger partial charge is 0.372 e. The van der Waals surface area contributed by atoms with Gasteiger partial charge in [-0.2, -0.15) is 23.4 Å². The molecule has 142 valence electrons. The number of methoxy groups -OCH3 is 1. The zero-order valence-corrected chi connectivity index (χ0v) is 14.1. The zero-order valence-electron chi connectivity index (χ0n) is 14.1. The SMILES string of the molecule is COC(c1cc(C(=O)Nc2cc([C@H]3CCCO3)[nH]n2)n(C)n1)C(F)(F)F. The van der Waals surface area contributed by atoms with E-state index in [0.717, 1.165) is 36.4 Å². The van der Waals surface area contributed by atoms with Crippen molar-refractivity contribution < 1.29 is 27.4 Å². The molecule has 0 radical (unpaired) electrons. The zero-order chi connectivity index (χ0) is 18.9. The van der Waals surface area contributed by atoms with Crippen LogP contribution < -0.4 is 5.32 Å². The van der Waals surface area contributed by atoms with Gasteiger partial charge in [-0.15, -0.1) is 0 Å². The molecule has 0 saturated carbocycles. The summed E-state index contributed by atoms with van der Waals surface area (Å²) >= 11 is 0. The number of hydrogen-bond donors (Lipinski definition) is 2. The van der Waals surface area contributed by atoms with Crippen LogP contribution in [0, 0.1) is 0 Å². The van der Waals surface area contributed by atoms with Gasteiger partial charge in [0.05, 0.1) is 11.8 Å². The molecule has 2 N–H and O–H groups in total. The quantitative estimate of drug-likeness (QED) is 0.840. The second-order valence-electron chi connectivity index (χ2n) is 5.90. The molecule has 3 rings (SSSR count). The van der Waals surface area contributed by atoms with E-state index in [-0.39, 0.29) is 17.6 Å². The van der Waals surface area contributed by atoms with Crippen LogP contribution >= 0.6 is 0 Å². The Bertz CT molecular complexity index is 780. The van der Waals surface area contributed by atoms with Gasteiger partial charge in [0.1, 0.15) is 11.4 Å². The van der Waals surface area contributed by atoms with E-state index < -0.39 is 23.9 Å². The molecule has 0 aromatic carbocycles. The van der Waals surface area contributed by atoms with Crippen LogP contribution in [0.3, 0.4) is 0 Å². The van der Waals surface area contributed by atoms with Gasteiger partial charge in [-0.05, 0) is 18.9 Å². The van der Waals surface area contributed by atoms with Gasteiger partial charge in [-0.25, -0.2) is 0 Å². The van der Waals surface area contributed by atoms with Gasteiger partial charge in [-0.1, -0.05) is 0 Å². The van der Waals surface area contributed by atoms with Crippen LogP contribution in [0.15, 0.2) is 12.1 Å². The normalized spacial score (nSPS) is 18.9. The molecule has 1 amide bonds. The molecule has 0 aliphatic carbocycles. The van der Waals surface area contributed by atoms with E-state index in [4.69, 9.17) is 4.74 Å². The van der Waals surface area contributed by atoms with Crippen molar-refractivity contribution in [3.8, 4) is 0 Å². The number of aromatic nitrogens is 4. The van der Waals surface area contributed by atoms with Gasteiger partial charge in [-0.3, -0.25) is 14.6 Å². The third-order valence-corrected chi connectivity index (χ3v) is 4.05. The molecule has 2 atom stereocenters. The summed E-state index contributed by atoms with van der Waals surface area (Å²) < 4.78 is 49.9. The molecule has 1 aliphatic heterocycles. The number of carbonyl (C=O) groups excluding carboxylic acids is 1. The van der Waals surface area contributed by atoms with Crippen molar-refractivity contribution in [3.63, 3.8) is 0 Å². The Morgan fingerprint density at radius 2 is 2.27 bits per heavy atom. The van der Waals surface area contributed by atoms with Crippen LogP contribution in [0.25, 0.3) is 0 Å². The second kappa shape index (κ2) is 7.08. The lowest BCUT2D eigenvalue weighted by Gasteiger charge is -2.15. The number of hydrogen-bond acceptors (Lipinski definition) is 5. The van der Waals surface area contributed by atoms with Crippen LogP contribution in [-0.2, 0) is 16.5 Å². The Balaban J connectivity index is 1.74. The number of nitrogens with zero attached hydrogens (tertiary/aromatic N) is 3. The predicted octanol–water partition coefficient (Wildman–Crippen LogP) is 2.50. The van der Waals surface area contributed by atoms with E-state index in [9.17, 15) is 18.0 Å². The molecule has 26 heavy (non-hydrogen) atoms. The highest BCUT2D eigenvalue weighted by atomic mass is 19.4. The summed E-state index contributed by atoms with van der Waals surface area (Å²) in [5.74, 6) is -0.379. The first kappa shape index (κ1) is 18.4. The molecule has 1 saturated heterocycles. The Morgan fingerprint density at radius 1 is 1.50 bits per heavy atom. The first-order valence-corrected chi connectivity index (χ1v) is 7.91. The van der Waals surface area contributed by atoms with Crippen molar-refractivity contribution in [2.75, 3.05) is 19.0 Å². The van der Waals surface area contributed by atoms with Gasteiger partial charge in [0.15, 0.2) is 11.9 Å². The van der Waals surface area contributed by atoms with Crippen molar-refractivity contribution in [2.45, 2.75) is 31.2 Å². The summed E-state index contributed by atoms with van der Waals surface area (Å²) in [6, 6.07) is 2.68. The molecule has 8 nitrogen and oxygen atoms in total. The van der Waals surface area contributed by atoms with Gasteiger partial charge in [0, 0.05) is 26.8 Å². The van der Waals surface area contributed by atoms with E-state index in [1.54, 1.807) is 6.07 Å². The van der Waals surface area contributed by atoms with Gasteiger partial charge < -0.3 is 14.8 Å². The average Bonchev–Trinajstić information content (AvgIpc) is 3.26. The number of aromatic amines is 1. The van der Waals surface area contributed by atoms with Gasteiger partial charge in [0.25, 0.3) is 5.91 Å². The Kier molecular flexibility index (Phi) is 5.01. The lowest BCUT2D eigenvalue weighted by Crippen LogP contribution is -2.23. The lowest BCUT2D eigenvalue weighted by molar-refractivity contribution is -0.217. The minimum Gasteiger partial charge on any atom is -0.372 e. The van der Waals surface area contributed by atoms with Crippen molar-refractivity contribution in [3.05, 3.63) is 29.2 Å². The maximum Gasteiger partial charge on any atom is 0.420 e. The number of nitrogens with one attached hydrogen (secondary N) is 2. The summed E-state index contributed by atoms with van der Waals surface area (Å²) in [6.07, 6.45) is -5.12. The van der Waals surface area contributed by atoms with E-state index in [0.29, 0.717) is 6.61 Å². The molecule has 2 aromatic heterocycles. The number of aryl methyl sites for hydroxylation is 1. The third kappa shape index (κ3) is 3.73. The number of halogens is 3. The minimum atomic E-state index is -4.63. The van der Waals surface area contributed by atoms with Crippen LogP contribution in [0.5, 0.6) is 0 Å². The lowest BCUT2D eigenvalue weighted by atomic mass is 10.2. The maximum absolute atomic E-state index is 12.9. The van der Waals surface area contributed by atoms with Crippen LogP contribution in [0.4, 0.5) is 19.0 Å². The van der Waals surface area contributed by atoms with E-state index in [2.05, 4.69) is 25.3 Å². The van der Waals surface area contributed by atoms with Crippen LogP contribution in [-0.4, -0.2) is 45.8 Å². The Labute approximate surface area is 146 Å². The Morgan fingerprint density at radius 3 is 2.88 bits per heavy atom. The summed E-state index contributed by atoms with van der Waals surface area (Å²) in [6.45, 7) is 0.670. The third-order valence-electron chi connectivity index (χ3n) is 4.05. The van der Waals surface area contributed by atoms with Gasteiger partial charge >= 0.3 is 6.18 Å². The number of rotatable bonds is 5. The molecular formula is C15H18F3N5O3. The van der Waals surface area contributed by atoms with Crippen molar-refractivity contribution in [1.29, 1.82) is 0 Å². The molecule has 11 heteroatoms. The highest BCUT2D eigenvalue weighted by molar-refractivity contribution is 6.02. The molecule has 1 fully saturated rings. The van der Waals surface area contributed by atoms with Crippen LogP contribution in [0.1, 0.15) is 46.9 Å². The van der Waals surface area contributed by atoms with E-state index >= 15 is 0 Å². The predicted molar refractivity (Wildman–Crippen MR) is 83.5 cm³/mol. The second-order valence-corrected chi connectivity index (χ2v) is 5.90. The van der Waals surface area contributed by atoms with E-state index in [1.165, 1.54) is 7.05 Å². The summed E-state index contributed by atoms with van der Waals surface area (Å²) in [7, 11) is 2.31. The molecule has 1 unspecified atom stereocenters. The molecule has 0 spiro atoms. The summed E-state index contributed by atoms with van der Waals surface area (Å²) in [4.78, 5) is 12.4. The summed E-state index contributed by atoms with van der Waals surface area (Å²) in [5.41, 5.74) is 0.294. The number of ether oxygens (including phenoxy) is 2. The van der Waals surface area contributed by atoms with Gasteiger partial charge in [0.2, 0.25) is 0 Å². The minimum absolute atomic E-state index is 0.0482.